The maximum atomic E-state index is 13.5. The molecule has 7 heteroatoms. The first-order chi connectivity index (χ1) is 8.67. The lowest BCUT2D eigenvalue weighted by Crippen LogP contribution is -2.36. The van der Waals surface area contributed by atoms with E-state index in [4.69, 9.17) is 22.2 Å². The summed E-state index contributed by atoms with van der Waals surface area (Å²) in [6.07, 6.45) is 0.756. The predicted octanol–water partition coefficient (Wildman–Crippen LogP) is 1.75. The van der Waals surface area contributed by atoms with Crippen molar-refractivity contribution in [1.82, 2.24) is 5.43 Å². The Bertz CT molecular complexity index is 414. The number of hydrogen-bond donors (Lipinski definition) is 3. The van der Waals surface area contributed by atoms with Crippen molar-refractivity contribution in [1.29, 1.82) is 0 Å². The van der Waals surface area contributed by atoms with Crippen LogP contribution in [0.15, 0.2) is 23.2 Å². The molecule has 0 spiro atoms. The number of benzene rings is 1. The van der Waals surface area contributed by atoms with Crippen LogP contribution in [-0.2, 0) is 4.74 Å². The third-order valence-electron chi connectivity index (χ3n) is 2.10. The molecule has 0 atom stereocenters. The third kappa shape index (κ3) is 4.87. The fourth-order valence-corrected chi connectivity index (χ4v) is 1.40. The van der Waals surface area contributed by atoms with Crippen LogP contribution in [-0.4, -0.2) is 26.2 Å². The second kappa shape index (κ2) is 7.86. The Hall–Kier alpha value is -1.37. The first-order valence-corrected chi connectivity index (χ1v) is 5.77. The molecule has 0 radical (unpaired) electrons. The highest BCUT2D eigenvalue weighted by molar-refractivity contribution is 6.30. The van der Waals surface area contributed by atoms with Gasteiger partial charge in [-0.25, -0.2) is 10.2 Å². The standard InChI is InChI=1S/C11H16ClFN4O/c1-18-6-2-5-15-11(17-14)16-10-4-3-8(12)7-9(10)13/h3-4,7H,2,5-6,14H2,1H3,(H2,15,16,17). The quantitative estimate of drug-likeness (QED) is 0.251. The summed E-state index contributed by atoms with van der Waals surface area (Å²) in [5, 5.41) is 3.07. The van der Waals surface area contributed by atoms with Crippen molar-refractivity contribution < 1.29 is 9.13 Å². The molecule has 0 saturated heterocycles. The molecule has 100 valence electrons. The monoisotopic (exact) mass is 274 g/mol. The molecule has 1 aromatic carbocycles. The molecule has 18 heavy (non-hydrogen) atoms. The Kier molecular flexibility index (Phi) is 6.42. The summed E-state index contributed by atoms with van der Waals surface area (Å²) in [4.78, 5) is 4.13. The summed E-state index contributed by atoms with van der Waals surface area (Å²) in [6.45, 7) is 1.13. The molecule has 1 aromatic rings. The number of hydrazine groups is 1. The fraction of sp³-hybridized carbons (Fsp3) is 0.364. The van der Waals surface area contributed by atoms with Crippen LogP contribution in [0.2, 0.25) is 5.02 Å². The van der Waals surface area contributed by atoms with E-state index < -0.39 is 5.82 Å². The van der Waals surface area contributed by atoms with Crippen LogP contribution in [0, 0.1) is 5.82 Å². The van der Waals surface area contributed by atoms with Crippen LogP contribution in [0.1, 0.15) is 6.42 Å². The van der Waals surface area contributed by atoms with Gasteiger partial charge in [-0.2, -0.15) is 0 Å². The molecule has 0 amide bonds. The molecule has 5 nitrogen and oxygen atoms in total. The number of anilines is 1. The molecule has 0 saturated carbocycles. The van der Waals surface area contributed by atoms with E-state index in [0.29, 0.717) is 18.2 Å². The van der Waals surface area contributed by atoms with Crippen LogP contribution in [0.25, 0.3) is 0 Å². The highest BCUT2D eigenvalue weighted by Crippen LogP contribution is 2.18. The van der Waals surface area contributed by atoms with E-state index >= 15 is 0 Å². The molecular weight excluding hydrogens is 259 g/mol. The second-order valence-corrected chi connectivity index (χ2v) is 3.91. The van der Waals surface area contributed by atoms with E-state index in [1.807, 2.05) is 0 Å². The zero-order chi connectivity index (χ0) is 13.4. The Morgan fingerprint density at radius 3 is 2.94 bits per heavy atom. The minimum Gasteiger partial charge on any atom is -0.385 e. The van der Waals surface area contributed by atoms with Gasteiger partial charge in [-0.3, -0.25) is 10.4 Å². The summed E-state index contributed by atoms with van der Waals surface area (Å²) in [6, 6.07) is 4.30. The first-order valence-electron chi connectivity index (χ1n) is 5.39. The van der Waals surface area contributed by atoms with Crippen LogP contribution in [0.3, 0.4) is 0 Å². The molecular formula is C11H16ClFN4O. The minimum absolute atomic E-state index is 0.253. The summed E-state index contributed by atoms with van der Waals surface area (Å²) in [5.74, 6) is 5.11. The molecule has 0 heterocycles. The van der Waals surface area contributed by atoms with Crippen molar-refractivity contribution in [3.05, 3.63) is 29.0 Å². The van der Waals surface area contributed by atoms with E-state index in [9.17, 15) is 4.39 Å². The summed E-state index contributed by atoms with van der Waals surface area (Å²) in [7, 11) is 1.62. The molecule has 0 aliphatic heterocycles. The lowest BCUT2D eigenvalue weighted by molar-refractivity contribution is 0.197. The van der Waals surface area contributed by atoms with Gasteiger partial charge in [0.1, 0.15) is 5.82 Å². The number of guanidine groups is 1. The molecule has 0 unspecified atom stereocenters. The lowest BCUT2D eigenvalue weighted by atomic mass is 10.3. The van der Waals surface area contributed by atoms with Gasteiger partial charge < -0.3 is 10.1 Å². The van der Waals surface area contributed by atoms with Gasteiger partial charge >= 0.3 is 0 Å². The van der Waals surface area contributed by atoms with Gasteiger partial charge in [0, 0.05) is 25.3 Å². The molecule has 0 aliphatic rings. The summed E-state index contributed by atoms with van der Waals surface area (Å²) >= 11 is 5.65. The zero-order valence-corrected chi connectivity index (χ0v) is 10.8. The van der Waals surface area contributed by atoms with Gasteiger partial charge in [0.05, 0.1) is 5.69 Å². The number of aliphatic imine (C=N–C) groups is 1. The van der Waals surface area contributed by atoms with E-state index in [-0.39, 0.29) is 11.6 Å². The Labute approximate surface area is 110 Å². The number of nitrogens with zero attached hydrogens (tertiary/aromatic N) is 1. The maximum absolute atomic E-state index is 13.5. The van der Waals surface area contributed by atoms with E-state index in [1.54, 1.807) is 13.2 Å². The first kappa shape index (κ1) is 14.7. The average Bonchev–Trinajstić information content (AvgIpc) is 2.35. The van der Waals surface area contributed by atoms with E-state index in [1.165, 1.54) is 12.1 Å². The van der Waals surface area contributed by atoms with Gasteiger partial charge in [-0.1, -0.05) is 11.6 Å². The van der Waals surface area contributed by atoms with Crippen molar-refractivity contribution >= 4 is 23.2 Å². The van der Waals surface area contributed by atoms with Crippen molar-refractivity contribution in [2.45, 2.75) is 6.42 Å². The number of methoxy groups -OCH3 is 1. The van der Waals surface area contributed by atoms with Crippen LogP contribution in [0.5, 0.6) is 0 Å². The molecule has 0 aliphatic carbocycles. The molecule has 0 aromatic heterocycles. The minimum atomic E-state index is -0.470. The zero-order valence-electron chi connectivity index (χ0n) is 10.0. The SMILES string of the molecule is COCCCN=C(NN)Nc1ccc(Cl)cc1F. The number of halogens is 2. The number of ether oxygens (including phenoxy) is 1. The lowest BCUT2D eigenvalue weighted by Gasteiger charge is -2.10. The van der Waals surface area contributed by atoms with Crippen LogP contribution < -0.4 is 16.6 Å². The second-order valence-electron chi connectivity index (χ2n) is 3.47. The van der Waals surface area contributed by atoms with Crippen LogP contribution >= 0.6 is 11.6 Å². The number of rotatable bonds is 5. The molecule has 1 rings (SSSR count). The topological polar surface area (TPSA) is 71.7 Å². The normalized spacial score (nSPS) is 11.4. The van der Waals surface area contributed by atoms with Gasteiger partial charge in [-0.05, 0) is 24.6 Å². The largest absolute Gasteiger partial charge is 0.385 e. The summed E-state index contributed by atoms with van der Waals surface area (Å²) < 4.78 is 18.4. The molecule has 0 fully saturated rings. The highest BCUT2D eigenvalue weighted by atomic mass is 35.5. The number of hydrogen-bond acceptors (Lipinski definition) is 3. The average molecular weight is 275 g/mol. The van der Waals surface area contributed by atoms with Crippen molar-refractivity contribution in [3.63, 3.8) is 0 Å². The molecule has 0 bridgehead atoms. The molecule has 4 N–H and O–H groups in total. The van der Waals surface area contributed by atoms with Gasteiger partial charge in [0.15, 0.2) is 0 Å². The predicted molar refractivity (Wildman–Crippen MR) is 71.2 cm³/mol. The smallest absolute Gasteiger partial charge is 0.210 e. The van der Waals surface area contributed by atoms with Gasteiger partial charge in [0.25, 0.3) is 0 Å². The van der Waals surface area contributed by atoms with Crippen molar-refractivity contribution in [3.8, 4) is 0 Å². The maximum Gasteiger partial charge on any atom is 0.210 e. The van der Waals surface area contributed by atoms with Crippen molar-refractivity contribution in [2.24, 2.45) is 10.8 Å². The Morgan fingerprint density at radius 1 is 1.56 bits per heavy atom. The van der Waals surface area contributed by atoms with Gasteiger partial charge in [0.2, 0.25) is 5.96 Å². The fourth-order valence-electron chi connectivity index (χ4n) is 1.24. The van der Waals surface area contributed by atoms with Crippen molar-refractivity contribution in [2.75, 3.05) is 25.6 Å². The van der Waals surface area contributed by atoms with Gasteiger partial charge in [-0.15, -0.1) is 0 Å². The van der Waals surface area contributed by atoms with E-state index in [2.05, 4.69) is 15.7 Å². The van der Waals surface area contributed by atoms with E-state index in [0.717, 1.165) is 6.42 Å². The Balaban J connectivity index is 2.61. The summed E-state index contributed by atoms with van der Waals surface area (Å²) in [5.41, 5.74) is 2.62. The number of nitrogens with two attached hydrogens (primary N) is 1. The highest BCUT2D eigenvalue weighted by Gasteiger charge is 2.04. The third-order valence-corrected chi connectivity index (χ3v) is 2.33. The number of nitrogens with one attached hydrogen (secondary N) is 2. The van der Waals surface area contributed by atoms with Crippen LogP contribution in [0.4, 0.5) is 10.1 Å². The Morgan fingerprint density at radius 2 is 2.33 bits per heavy atom.